The summed E-state index contributed by atoms with van der Waals surface area (Å²) in [6, 6.07) is 7.25. The molecule has 3 N–H and O–H groups in total. The highest BCUT2D eigenvalue weighted by molar-refractivity contribution is 6.30. The first kappa shape index (κ1) is 15.5. The van der Waals surface area contributed by atoms with E-state index < -0.39 is 0 Å². The predicted molar refractivity (Wildman–Crippen MR) is 87.1 cm³/mol. The number of rotatable bonds is 4. The Bertz CT molecular complexity index is 713. The zero-order valence-corrected chi connectivity index (χ0v) is 13.1. The van der Waals surface area contributed by atoms with E-state index in [-0.39, 0.29) is 24.9 Å². The number of carbonyl (C=O) groups is 2. The topological polar surface area (TPSA) is 90.1 Å². The molecule has 0 aliphatic carbocycles. The molecule has 2 heterocycles. The number of aromatic nitrogens is 2. The molecule has 8 heteroatoms. The molecule has 0 spiro atoms. The molecule has 0 unspecified atom stereocenters. The van der Waals surface area contributed by atoms with Crippen LogP contribution in [0.15, 0.2) is 30.5 Å². The van der Waals surface area contributed by atoms with E-state index in [1.54, 1.807) is 18.3 Å². The smallest absolute Gasteiger partial charge is 0.245 e. The molecule has 7 nitrogen and oxygen atoms in total. The Hall–Kier alpha value is -2.38. The van der Waals surface area contributed by atoms with Crippen molar-refractivity contribution in [3.63, 3.8) is 0 Å². The van der Waals surface area contributed by atoms with Crippen molar-refractivity contribution < 1.29 is 9.59 Å². The second-order valence-corrected chi connectivity index (χ2v) is 5.64. The molecule has 0 saturated carbocycles. The van der Waals surface area contributed by atoms with Gasteiger partial charge in [0.15, 0.2) is 0 Å². The molecule has 0 radical (unpaired) electrons. The third-order valence-electron chi connectivity index (χ3n) is 3.58. The SMILES string of the molecule is O=C(CN1CCNCC1=O)Nc1[nH]ncc1-c1ccc(Cl)cc1. The lowest BCUT2D eigenvalue weighted by atomic mass is 10.1. The normalized spacial score (nSPS) is 14.8. The first-order chi connectivity index (χ1) is 11.1. The van der Waals surface area contributed by atoms with Crippen LogP contribution in [-0.4, -0.2) is 53.1 Å². The van der Waals surface area contributed by atoms with E-state index in [9.17, 15) is 9.59 Å². The monoisotopic (exact) mass is 333 g/mol. The number of nitrogens with zero attached hydrogens (tertiary/aromatic N) is 2. The summed E-state index contributed by atoms with van der Waals surface area (Å²) in [5.41, 5.74) is 1.65. The molecule has 1 aliphatic heterocycles. The van der Waals surface area contributed by atoms with Crippen molar-refractivity contribution in [2.24, 2.45) is 0 Å². The van der Waals surface area contributed by atoms with Crippen molar-refractivity contribution in [1.82, 2.24) is 20.4 Å². The summed E-state index contributed by atoms with van der Waals surface area (Å²) in [5, 5.41) is 13.1. The highest BCUT2D eigenvalue weighted by atomic mass is 35.5. The van der Waals surface area contributed by atoms with Crippen LogP contribution < -0.4 is 10.6 Å². The van der Waals surface area contributed by atoms with Crippen LogP contribution in [0.4, 0.5) is 5.82 Å². The molecule has 3 rings (SSSR count). The second-order valence-electron chi connectivity index (χ2n) is 5.21. The summed E-state index contributed by atoms with van der Waals surface area (Å²) in [4.78, 5) is 25.4. The van der Waals surface area contributed by atoms with Gasteiger partial charge in [-0.25, -0.2) is 0 Å². The number of anilines is 1. The van der Waals surface area contributed by atoms with Gasteiger partial charge in [-0.15, -0.1) is 0 Å². The molecule has 1 aliphatic rings. The molecule has 23 heavy (non-hydrogen) atoms. The van der Waals surface area contributed by atoms with Crippen LogP contribution in [0.2, 0.25) is 5.02 Å². The Balaban J connectivity index is 1.68. The number of hydrogen-bond acceptors (Lipinski definition) is 4. The maximum atomic E-state index is 12.2. The molecular formula is C15H16ClN5O2. The van der Waals surface area contributed by atoms with Gasteiger partial charge in [-0.1, -0.05) is 23.7 Å². The van der Waals surface area contributed by atoms with Gasteiger partial charge in [0.2, 0.25) is 11.8 Å². The fraction of sp³-hybridized carbons (Fsp3) is 0.267. The van der Waals surface area contributed by atoms with Crippen molar-refractivity contribution in [2.45, 2.75) is 0 Å². The van der Waals surface area contributed by atoms with E-state index in [0.29, 0.717) is 23.9 Å². The fourth-order valence-corrected chi connectivity index (χ4v) is 2.52. The molecule has 1 aromatic carbocycles. The minimum absolute atomic E-state index is 0.0274. The highest BCUT2D eigenvalue weighted by Crippen LogP contribution is 2.26. The van der Waals surface area contributed by atoms with Crippen molar-refractivity contribution in [3.8, 4) is 11.1 Å². The molecule has 0 atom stereocenters. The molecular weight excluding hydrogens is 318 g/mol. The number of hydrogen-bond donors (Lipinski definition) is 3. The van der Waals surface area contributed by atoms with Gasteiger partial charge < -0.3 is 15.5 Å². The maximum Gasteiger partial charge on any atom is 0.245 e. The van der Waals surface area contributed by atoms with Crippen molar-refractivity contribution in [3.05, 3.63) is 35.5 Å². The Kier molecular flexibility index (Phi) is 4.59. The summed E-state index contributed by atoms with van der Waals surface area (Å²) < 4.78 is 0. The molecule has 1 aromatic heterocycles. The Morgan fingerprint density at radius 3 is 2.87 bits per heavy atom. The van der Waals surface area contributed by atoms with Crippen LogP contribution in [0.25, 0.3) is 11.1 Å². The molecule has 1 fully saturated rings. The largest absolute Gasteiger partial charge is 0.331 e. The number of aromatic amines is 1. The van der Waals surface area contributed by atoms with Gasteiger partial charge in [0.1, 0.15) is 5.82 Å². The van der Waals surface area contributed by atoms with Crippen LogP contribution in [0, 0.1) is 0 Å². The lowest BCUT2D eigenvalue weighted by Gasteiger charge is -2.26. The minimum Gasteiger partial charge on any atom is -0.331 e. The van der Waals surface area contributed by atoms with Gasteiger partial charge in [-0.2, -0.15) is 5.10 Å². The first-order valence-corrected chi connectivity index (χ1v) is 7.59. The molecule has 0 bridgehead atoms. The summed E-state index contributed by atoms with van der Waals surface area (Å²) in [6.07, 6.45) is 1.63. The molecule has 2 aromatic rings. The Morgan fingerprint density at radius 2 is 2.13 bits per heavy atom. The predicted octanol–water partition coefficient (Wildman–Crippen LogP) is 1.10. The third-order valence-corrected chi connectivity index (χ3v) is 3.83. The quantitative estimate of drug-likeness (QED) is 0.781. The molecule has 1 saturated heterocycles. The summed E-state index contributed by atoms with van der Waals surface area (Å²) in [7, 11) is 0. The van der Waals surface area contributed by atoms with E-state index in [0.717, 1.165) is 11.1 Å². The van der Waals surface area contributed by atoms with Gasteiger partial charge >= 0.3 is 0 Å². The fourth-order valence-electron chi connectivity index (χ4n) is 2.40. The molecule has 2 amide bonds. The average molecular weight is 334 g/mol. The summed E-state index contributed by atoms with van der Waals surface area (Å²) in [6.45, 7) is 1.52. The zero-order valence-electron chi connectivity index (χ0n) is 12.3. The number of halogens is 1. The van der Waals surface area contributed by atoms with Gasteiger partial charge in [0.25, 0.3) is 0 Å². The lowest BCUT2D eigenvalue weighted by Crippen LogP contribution is -2.50. The van der Waals surface area contributed by atoms with Crippen LogP contribution in [0.5, 0.6) is 0 Å². The van der Waals surface area contributed by atoms with Gasteiger partial charge in [-0.05, 0) is 17.7 Å². The Morgan fingerprint density at radius 1 is 1.35 bits per heavy atom. The van der Waals surface area contributed by atoms with Crippen LogP contribution in [-0.2, 0) is 9.59 Å². The number of nitrogens with one attached hydrogen (secondary N) is 3. The summed E-state index contributed by atoms with van der Waals surface area (Å²) in [5.74, 6) is 0.161. The number of carbonyl (C=O) groups excluding carboxylic acids is 2. The van der Waals surface area contributed by atoms with Crippen LogP contribution in [0.1, 0.15) is 0 Å². The maximum absolute atomic E-state index is 12.2. The van der Waals surface area contributed by atoms with E-state index in [1.165, 1.54) is 4.90 Å². The van der Waals surface area contributed by atoms with Gasteiger partial charge in [-0.3, -0.25) is 14.7 Å². The van der Waals surface area contributed by atoms with Gasteiger partial charge in [0.05, 0.1) is 19.3 Å². The number of H-pyrrole nitrogens is 1. The minimum atomic E-state index is -0.264. The number of amides is 2. The highest BCUT2D eigenvalue weighted by Gasteiger charge is 2.21. The van der Waals surface area contributed by atoms with Crippen molar-refractivity contribution >= 4 is 29.2 Å². The molecule has 120 valence electrons. The van der Waals surface area contributed by atoms with E-state index in [1.807, 2.05) is 12.1 Å². The third kappa shape index (κ3) is 3.69. The number of piperazine rings is 1. The summed E-state index contributed by atoms with van der Waals surface area (Å²) >= 11 is 5.88. The van der Waals surface area contributed by atoms with Crippen LogP contribution >= 0.6 is 11.6 Å². The first-order valence-electron chi connectivity index (χ1n) is 7.21. The van der Waals surface area contributed by atoms with Crippen molar-refractivity contribution in [2.75, 3.05) is 31.5 Å². The lowest BCUT2D eigenvalue weighted by molar-refractivity contribution is -0.135. The van der Waals surface area contributed by atoms with E-state index in [4.69, 9.17) is 11.6 Å². The van der Waals surface area contributed by atoms with E-state index in [2.05, 4.69) is 20.8 Å². The second kappa shape index (κ2) is 6.80. The Labute approximate surface area is 138 Å². The van der Waals surface area contributed by atoms with E-state index >= 15 is 0 Å². The zero-order chi connectivity index (χ0) is 16.2. The average Bonchev–Trinajstić information content (AvgIpc) is 2.98. The van der Waals surface area contributed by atoms with Crippen LogP contribution in [0.3, 0.4) is 0 Å². The standard InChI is InChI=1S/C15H16ClN5O2/c16-11-3-1-10(2-4-11)12-7-18-20-15(12)19-13(22)9-21-6-5-17-8-14(21)23/h1-4,7,17H,5-6,8-9H2,(H2,18,19,20,22). The van der Waals surface area contributed by atoms with Gasteiger partial charge in [0, 0.05) is 23.7 Å². The van der Waals surface area contributed by atoms with Crippen molar-refractivity contribution in [1.29, 1.82) is 0 Å². The number of benzene rings is 1.